The minimum Gasteiger partial charge on any atom is -0.345 e. The van der Waals surface area contributed by atoms with Crippen LogP contribution in [0.15, 0.2) is 6.20 Å². The second-order valence-electron chi connectivity index (χ2n) is 5.72. The monoisotopic (exact) mass is 237 g/mol. The highest BCUT2D eigenvalue weighted by atomic mass is 15.0. The van der Waals surface area contributed by atoms with Crippen molar-refractivity contribution in [2.24, 2.45) is 5.41 Å². The predicted molar refractivity (Wildman–Crippen MR) is 73.0 cm³/mol. The van der Waals surface area contributed by atoms with Crippen molar-refractivity contribution < 1.29 is 0 Å². The Morgan fingerprint density at radius 2 is 2.12 bits per heavy atom. The molecule has 0 fully saturated rings. The number of aryl methyl sites for hydroxylation is 1. The summed E-state index contributed by atoms with van der Waals surface area (Å²) in [6.45, 7) is 10.9. The maximum Gasteiger partial charge on any atom is 0.103 e. The molecule has 0 saturated heterocycles. The first-order chi connectivity index (χ1) is 8.03. The van der Waals surface area contributed by atoms with E-state index in [2.05, 4.69) is 36.1 Å². The molecule has 0 saturated carbocycles. The van der Waals surface area contributed by atoms with Crippen molar-refractivity contribution in [3.63, 3.8) is 0 Å². The third-order valence-corrected chi connectivity index (χ3v) is 3.13. The Morgan fingerprint density at radius 3 is 2.71 bits per heavy atom. The van der Waals surface area contributed by atoms with E-state index in [4.69, 9.17) is 0 Å². The summed E-state index contributed by atoms with van der Waals surface area (Å²) in [7, 11) is 0. The Labute approximate surface area is 105 Å². The summed E-state index contributed by atoms with van der Waals surface area (Å²) in [5.41, 5.74) is 1.57. The lowest BCUT2D eigenvalue weighted by molar-refractivity contribution is 0.301. The van der Waals surface area contributed by atoms with Crippen LogP contribution in [0.2, 0.25) is 0 Å². The van der Waals surface area contributed by atoms with Gasteiger partial charge in [-0.1, -0.05) is 40.0 Å². The Hall–Kier alpha value is -0.830. The van der Waals surface area contributed by atoms with E-state index in [1.807, 2.05) is 13.1 Å². The molecule has 0 unspecified atom stereocenters. The zero-order valence-electron chi connectivity index (χ0n) is 11.8. The molecule has 0 atom stereocenters. The SMILES string of the molecule is CCCCCC(C)(C)CNCc1cnc(C)[nH]1. The van der Waals surface area contributed by atoms with Gasteiger partial charge in [-0.2, -0.15) is 0 Å². The molecule has 3 heteroatoms. The maximum absolute atomic E-state index is 4.20. The number of hydrogen-bond acceptors (Lipinski definition) is 2. The third-order valence-electron chi connectivity index (χ3n) is 3.13. The molecule has 0 aliphatic heterocycles. The molecule has 0 amide bonds. The van der Waals surface area contributed by atoms with Crippen molar-refractivity contribution >= 4 is 0 Å². The van der Waals surface area contributed by atoms with Crippen LogP contribution in [0.1, 0.15) is 58.0 Å². The first-order valence-corrected chi connectivity index (χ1v) is 6.75. The van der Waals surface area contributed by atoms with E-state index in [9.17, 15) is 0 Å². The molecule has 0 aromatic carbocycles. The van der Waals surface area contributed by atoms with Gasteiger partial charge in [-0.15, -0.1) is 0 Å². The second kappa shape index (κ2) is 6.80. The molecule has 0 bridgehead atoms. The van der Waals surface area contributed by atoms with Crippen LogP contribution < -0.4 is 5.32 Å². The molecule has 0 aliphatic rings. The fourth-order valence-electron chi connectivity index (χ4n) is 2.04. The number of hydrogen-bond donors (Lipinski definition) is 2. The molecule has 0 aliphatic carbocycles. The van der Waals surface area contributed by atoms with Crippen molar-refractivity contribution in [3.8, 4) is 0 Å². The molecule has 17 heavy (non-hydrogen) atoms. The zero-order chi connectivity index (χ0) is 12.7. The quantitative estimate of drug-likeness (QED) is 0.680. The highest BCUT2D eigenvalue weighted by molar-refractivity contribution is 4.99. The highest BCUT2D eigenvalue weighted by Crippen LogP contribution is 2.22. The van der Waals surface area contributed by atoms with E-state index < -0.39 is 0 Å². The number of unbranched alkanes of at least 4 members (excludes halogenated alkanes) is 2. The van der Waals surface area contributed by atoms with Crippen LogP contribution in [0.4, 0.5) is 0 Å². The largest absolute Gasteiger partial charge is 0.345 e. The topological polar surface area (TPSA) is 40.7 Å². The summed E-state index contributed by atoms with van der Waals surface area (Å²) in [6, 6.07) is 0. The molecule has 0 radical (unpaired) electrons. The fourth-order valence-corrected chi connectivity index (χ4v) is 2.04. The van der Waals surface area contributed by atoms with Gasteiger partial charge >= 0.3 is 0 Å². The molecule has 1 rings (SSSR count). The molecule has 1 aromatic heterocycles. The van der Waals surface area contributed by atoms with E-state index >= 15 is 0 Å². The minimum absolute atomic E-state index is 0.393. The molecule has 98 valence electrons. The average molecular weight is 237 g/mol. The normalized spacial score (nSPS) is 12.0. The van der Waals surface area contributed by atoms with Gasteiger partial charge in [0.05, 0.1) is 0 Å². The molecule has 2 N–H and O–H groups in total. The predicted octanol–water partition coefficient (Wildman–Crippen LogP) is 3.41. The molecule has 0 spiro atoms. The van der Waals surface area contributed by atoms with E-state index in [1.54, 1.807) is 0 Å². The van der Waals surface area contributed by atoms with Crippen LogP contribution in [0.5, 0.6) is 0 Å². The summed E-state index contributed by atoms with van der Waals surface area (Å²) in [6.07, 6.45) is 7.21. The van der Waals surface area contributed by atoms with E-state index in [0.29, 0.717) is 5.41 Å². The maximum atomic E-state index is 4.20. The Kier molecular flexibility index (Phi) is 5.69. The molecular weight excluding hydrogens is 210 g/mol. The lowest BCUT2D eigenvalue weighted by Crippen LogP contribution is -2.29. The first-order valence-electron chi connectivity index (χ1n) is 6.75. The average Bonchev–Trinajstić information content (AvgIpc) is 2.64. The van der Waals surface area contributed by atoms with E-state index in [-0.39, 0.29) is 0 Å². The summed E-state index contributed by atoms with van der Waals surface area (Å²) >= 11 is 0. The summed E-state index contributed by atoms with van der Waals surface area (Å²) in [4.78, 5) is 7.44. The Balaban J connectivity index is 2.20. The van der Waals surface area contributed by atoms with Crippen molar-refractivity contribution in [2.45, 2.75) is 59.9 Å². The van der Waals surface area contributed by atoms with Crippen LogP contribution in [0, 0.1) is 12.3 Å². The van der Waals surface area contributed by atoms with Gasteiger partial charge in [0.1, 0.15) is 5.82 Å². The van der Waals surface area contributed by atoms with Crippen LogP contribution in [-0.2, 0) is 6.54 Å². The summed E-state index contributed by atoms with van der Waals surface area (Å²) in [5.74, 6) is 0.990. The Morgan fingerprint density at radius 1 is 1.35 bits per heavy atom. The molecule has 3 nitrogen and oxygen atoms in total. The number of H-pyrrole nitrogens is 1. The van der Waals surface area contributed by atoms with Crippen LogP contribution in [0.3, 0.4) is 0 Å². The van der Waals surface area contributed by atoms with Gasteiger partial charge in [-0.05, 0) is 18.8 Å². The van der Waals surface area contributed by atoms with Gasteiger partial charge < -0.3 is 10.3 Å². The number of aromatic amines is 1. The molecule has 1 aromatic rings. The van der Waals surface area contributed by atoms with Gasteiger partial charge in [0.25, 0.3) is 0 Å². The van der Waals surface area contributed by atoms with Gasteiger partial charge in [0.2, 0.25) is 0 Å². The summed E-state index contributed by atoms with van der Waals surface area (Å²) < 4.78 is 0. The minimum atomic E-state index is 0.393. The van der Waals surface area contributed by atoms with Crippen LogP contribution in [0.25, 0.3) is 0 Å². The number of rotatable bonds is 8. The first kappa shape index (κ1) is 14.2. The number of nitrogens with one attached hydrogen (secondary N) is 2. The molecule has 1 heterocycles. The van der Waals surface area contributed by atoms with E-state index in [0.717, 1.165) is 18.9 Å². The lowest BCUT2D eigenvalue weighted by atomic mass is 9.87. The Bertz CT molecular complexity index is 315. The van der Waals surface area contributed by atoms with Crippen molar-refractivity contribution in [2.75, 3.05) is 6.54 Å². The zero-order valence-corrected chi connectivity index (χ0v) is 11.8. The van der Waals surface area contributed by atoms with Gasteiger partial charge in [-0.3, -0.25) is 0 Å². The fraction of sp³-hybridized carbons (Fsp3) is 0.786. The van der Waals surface area contributed by atoms with Crippen molar-refractivity contribution in [3.05, 3.63) is 17.7 Å². The standard InChI is InChI=1S/C14H27N3/c1-5-6-7-8-14(3,4)11-15-9-13-10-16-12(2)17-13/h10,15H,5-9,11H2,1-4H3,(H,16,17). The third kappa shape index (κ3) is 5.87. The summed E-state index contributed by atoms with van der Waals surface area (Å²) in [5, 5.41) is 3.51. The number of nitrogens with zero attached hydrogens (tertiary/aromatic N) is 1. The van der Waals surface area contributed by atoms with Crippen LogP contribution >= 0.6 is 0 Å². The smallest absolute Gasteiger partial charge is 0.103 e. The van der Waals surface area contributed by atoms with Crippen LogP contribution in [-0.4, -0.2) is 16.5 Å². The number of aromatic nitrogens is 2. The second-order valence-corrected chi connectivity index (χ2v) is 5.72. The molecular formula is C14H27N3. The van der Waals surface area contributed by atoms with Gasteiger partial charge in [-0.25, -0.2) is 4.98 Å². The highest BCUT2D eigenvalue weighted by Gasteiger charge is 2.16. The van der Waals surface area contributed by atoms with Crippen molar-refractivity contribution in [1.82, 2.24) is 15.3 Å². The number of imidazole rings is 1. The lowest BCUT2D eigenvalue weighted by Gasteiger charge is -2.24. The van der Waals surface area contributed by atoms with Gasteiger partial charge in [0, 0.05) is 25.0 Å². The van der Waals surface area contributed by atoms with Crippen molar-refractivity contribution in [1.29, 1.82) is 0 Å². The van der Waals surface area contributed by atoms with Gasteiger partial charge in [0.15, 0.2) is 0 Å². The van der Waals surface area contributed by atoms with E-state index in [1.165, 1.54) is 31.4 Å².